The molecule has 0 rings (SSSR count). The zero-order chi connectivity index (χ0) is 11.6. The van der Waals surface area contributed by atoms with E-state index in [-0.39, 0.29) is 13.2 Å². The van der Waals surface area contributed by atoms with E-state index in [1.807, 2.05) is 0 Å². The van der Waals surface area contributed by atoms with Gasteiger partial charge in [0.1, 0.15) is 0 Å². The van der Waals surface area contributed by atoms with Crippen LogP contribution in [0.15, 0.2) is 9.98 Å². The Labute approximate surface area is 90.4 Å². The maximum absolute atomic E-state index is 11.0. The molecule has 6 nitrogen and oxygen atoms in total. The Morgan fingerprint density at radius 3 is 1.73 bits per heavy atom. The van der Waals surface area contributed by atoms with Crippen molar-refractivity contribution in [1.29, 1.82) is 0 Å². The van der Waals surface area contributed by atoms with Gasteiger partial charge in [-0.25, -0.2) is 8.37 Å². The molecule has 0 amide bonds. The average molecular weight is 236 g/mol. The summed E-state index contributed by atoms with van der Waals surface area (Å²) in [5.74, 6) is 0. The number of rotatable bonds is 8. The Morgan fingerprint density at radius 2 is 1.40 bits per heavy atom. The van der Waals surface area contributed by atoms with Crippen molar-refractivity contribution in [1.82, 2.24) is 0 Å². The molecule has 0 aromatic carbocycles. The van der Waals surface area contributed by atoms with Gasteiger partial charge >= 0.3 is 10.4 Å². The molecule has 0 radical (unpaired) electrons. The molecule has 0 aromatic rings. The Bertz CT molecular complexity index is 274. The summed E-state index contributed by atoms with van der Waals surface area (Å²) in [6.45, 7) is 0.0864. The van der Waals surface area contributed by atoms with Crippen molar-refractivity contribution < 1.29 is 16.8 Å². The molecule has 88 valence electrons. The van der Waals surface area contributed by atoms with Crippen LogP contribution in [0.3, 0.4) is 0 Å². The van der Waals surface area contributed by atoms with Crippen LogP contribution in [0.5, 0.6) is 0 Å². The molecule has 15 heavy (non-hydrogen) atoms. The van der Waals surface area contributed by atoms with Crippen LogP contribution in [0.25, 0.3) is 0 Å². The minimum absolute atomic E-state index is 0.0432. The van der Waals surface area contributed by atoms with Gasteiger partial charge in [0, 0.05) is 39.4 Å². The maximum atomic E-state index is 11.0. The summed E-state index contributed by atoms with van der Waals surface area (Å²) in [4.78, 5) is 7.37. The van der Waals surface area contributed by atoms with Crippen LogP contribution in [-0.2, 0) is 18.8 Å². The first-order valence-corrected chi connectivity index (χ1v) is 5.80. The lowest BCUT2D eigenvalue weighted by atomic mass is 10.5. The Kier molecular flexibility index (Phi) is 8.06. The van der Waals surface area contributed by atoms with Crippen LogP contribution in [0.1, 0.15) is 12.8 Å². The fourth-order valence-corrected chi connectivity index (χ4v) is 1.37. The topological polar surface area (TPSA) is 77.3 Å². The molecule has 0 unspecified atom stereocenters. The van der Waals surface area contributed by atoms with E-state index < -0.39 is 10.4 Å². The summed E-state index contributed by atoms with van der Waals surface area (Å²) in [5, 5.41) is 0. The predicted octanol–water partition coefficient (Wildman–Crippen LogP) is 0.446. The molecule has 0 saturated carbocycles. The van der Waals surface area contributed by atoms with Gasteiger partial charge in [0.25, 0.3) is 0 Å². The Hall–Kier alpha value is -0.790. The largest absolute Gasteiger partial charge is 0.399 e. The number of hydrogen-bond acceptors (Lipinski definition) is 6. The highest BCUT2D eigenvalue weighted by atomic mass is 32.3. The van der Waals surface area contributed by atoms with E-state index in [1.165, 1.54) is 0 Å². The third-order valence-electron chi connectivity index (χ3n) is 1.31. The van der Waals surface area contributed by atoms with Crippen LogP contribution in [0, 0.1) is 0 Å². The first kappa shape index (κ1) is 14.2. The predicted molar refractivity (Wildman–Crippen MR) is 58.9 cm³/mol. The van der Waals surface area contributed by atoms with Gasteiger partial charge in [-0.2, -0.15) is 8.42 Å². The summed E-state index contributed by atoms with van der Waals surface area (Å²) >= 11 is 0. The van der Waals surface area contributed by atoms with Gasteiger partial charge in [-0.1, -0.05) is 0 Å². The Balaban J connectivity index is 3.67. The van der Waals surface area contributed by atoms with Crippen LogP contribution in [-0.4, -0.2) is 48.2 Å². The van der Waals surface area contributed by atoms with Crippen molar-refractivity contribution in [3.8, 4) is 0 Å². The summed E-state index contributed by atoms with van der Waals surface area (Å²) in [6.07, 6.45) is 4.02. The SMILES string of the molecule is CN=CCCOS(=O)(=O)OCCC=NC. The average Bonchev–Trinajstić information content (AvgIpc) is 2.20. The molecule has 0 bridgehead atoms. The van der Waals surface area contributed by atoms with Crippen molar-refractivity contribution in [3.63, 3.8) is 0 Å². The van der Waals surface area contributed by atoms with Gasteiger partial charge in [0.15, 0.2) is 0 Å². The standard InChI is InChI=1S/C8H16N2O4S/c1-9-5-3-7-13-15(11,12)14-8-4-6-10-2/h5-6H,3-4,7-8H2,1-2H3. The smallest absolute Gasteiger partial charge is 0.301 e. The molecule has 7 heteroatoms. The molecule has 0 aromatic heterocycles. The molecular weight excluding hydrogens is 220 g/mol. The lowest BCUT2D eigenvalue weighted by Gasteiger charge is -2.02. The second-order valence-corrected chi connectivity index (χ2v) is 3.80. The number of nitrogens with zero attached hydrogens (tertiary/aromatic N) is 2. The first-order valence-electron chi connectivity index (χ1n) is 4.47. The van der Waals surface area contributed by atoms with Crippen molar-refractivity contribution in [2.24, 2.45) is 9.98 Å². The van der Waals surface area contributed by atoms with E-state index in [1.54, 1.807) is 26.5 Å². The van der Waals surface area contributed by atoms with E-state index in [2.05, 4.69) is 18.4 Å². The molecule has 0 saturated heterocycles. The Morgan fingerprint density at radius 1 is 1.00 bits per heavy atom. The van der Waals surface area contributed by atoms with E-state index in [4.69, 9.17) is 0 Å². The lowest BCUT2D eigenvalue weighted by molar-refractivity contribution is 0.224. The van der Waals surface area contributed by atoms with E-state index in [9.17, 15) is 8.42 Å². The second-order valence-electron chi connectivity index (χ2n) is 2.51. The quantitative estimate of drug-likeness (QED) is 0.452. The fourth-order valence-electron chi connectivity index (χ4n) is 0.698. The van der Waals surface area contributed by atoms with Crippen molar-refractivity contribution >= 4 is 22.8 Å². The number of aliphatic imine (C=N–C) groups is 2. The lowest BCUT2D eigenvalue weighted by Crippen LogP contribution is -2.12. The molecule has 0 fully saturated rings. The van der Waals surface area contributed by atoms with Crippen molar-refractivity contribution in [3.05, 3.63) is 0 Å². The zero-order valence-corrected chi connectivity index (χ0v) is 9.74. The third-order valence-corrected chi connectivity index (χ3v) is 2.23. The van der Waals surface area contributed by atoms with Crippen molar-refractivity contribution in [2.75, 3.05) is 27.3 Å². The molecule has 0 aliphatic carbocycles. The monoisotopic (exact) mass is 236 g/mol. The highest BCUT2D eigenvalue weighted by Gasteiger charge is 2.10. The molecule has 0 heterocycles. The first-order chi connectivity index (χ1) is 7.12. The second kappa shape index (κ2) is 8.51. The van der Waals surface area contributed by atoms with Gasteiger partial charge in [0.2, 0.25) is 0 Å². The summed E-state index contributed by atoms with van der Waals surface area (Å²) in [7, 11) is -0.653. The van der Waals surface area contributed by atoms with E-state index in [0.29, 0.717) is 12.8 Å². The number of hydrogen-bond donors (Lipinski definition) is 0. The zero-order valence-electron chi connectivity index (χ0n) is 8.92. The molecule has 0 aliphatic heterocycles. The highest BCUT2D eigenvalue weighted by Crippen LogP contribution is 1.97. The van der Waals surface area contributed by atoms with Gasteiger partial charge in [-0.05, 0) is 0 Å². The van der Waals surface area contributed by atoms with Crippen LogP contribution < -0.4 is 0 Å². The summed E-state index contributed by atoms with van der Waals surface area (Å²) < 4.78 is 31.1. The summed E-state index contributed by atoms with van der Waals surface area (Å²) in [5.41, 5.74) is 0. The van der Waals surface area contributed by atoms with Crippen LogP contribution >= 0.6 is 0 Å². The summed E-state index contributed by atoms with van der Waals surface area (Å²) in [6, 6.07) is 0. The fraction of sp³-hybridized carbons (Fsp3) is 0.750. The normalized spacial score (nSPS) is 12.9. The minimum Gasteiger partial charge on any atom is -0.301 e. The molecule has 0 aliphatic rings. The van der Waals surface area contributed by atoms with Gasteiger partial charge in [-0.3, -0.25) is 0 Å². The molecular formula is C8H16N2O4S. The third kappa shape index (κ3) is 9.51. The van der Waals surface area contributed by atoms with Crippen LogP contribution in [0.4, 0.5) is 0 Å². The maximum Gasteiger partial charge on any atom is 0.399 e. The molecule has 0 atom stereocenters. The van der Waals surface area contributed by atoms with Gasteiger partial charge in [-0.15, -0.1) is 0 Å². The minimum atomic E-state index is -3.87. The van der Waals surface area contributed by atoms with Crippen LogP contribution in [0.2, 0.25) is 0 Å². The van der Waals surface area contributed by atoms with E-state index in [0.717, 1.165) is 0 Å². The van der Waals surface area contributed by atoms with E-state index >= 15 is 0 Å². The van der Waals surface area contributed by atoms with Gasteiger partial charge in [0.05, 0.1) is 13.2 Å². The molecule has 0 spiro atoms. The molecule has 0 N–H and O–H groups in total. The highest BCUT2D eigenvalue weighted by molar-refractivity contribution is 7.81. The van der Waals surface area contributed by atoms with Gasteiger partial charge < -0.3 is 9.98 Å². The van der Waals surface area contributed by atoms with Crippen molar-refractivity contribution in [2.45, 2.75) is 12.8 Å².